The van der Waals surface area contributed by atoms with Gasteiger partial charge in [0, 0.05) is 25.7 Å². The van der Waals surface area contributed by atoms with Crippen LogP contribution in [0.5, 0.6) is 0 Å². The number of phosphoric acid groups is 2. The Labute approximate surface area is 517 Å². The molecule has 0 aromatic carbocycles. The van der Waals surface area contributed by atoms with Crippen molar-refractivity contribution >= 4 is 39.5 Å². The van der Waals surface area contributed by atoms with E-state index in [0.717, 1.165) is 108 Å². The summed E-state index contributed by atoms with van der Waals surface area (Å²) in [5.41, 5.74) is 0. The Kier molecular flexibility index (Phi) is 57.1. The molecule has 0 aromatic heterocycles. The minimum Gasteiger partial charge on any atom is -0.462 e. The highest BCUT2D eigenvalue weighted by Crippen LogP contribution is 2.45. The third kappa shape index (κ3) is 59.5. The maximum atomic E-state index is 13.0. The number of hydrogen-bond donors (Lipinski definition) is 3. The largest absolute Gasteiger partial charge is 0.472 e. The van der Waals surface area contributed by atoms with Crippen LogP contribution in [0.3, 0.4) is 0 Å². The number of carbonyl (C=O) groups excluding carboxylic acids is 4. The zero-order valence-electron chi connectivity index (χ0n) is 54.9. The number of hydrogen-bond acceptors (Lipinski definition) is 15. The average molecular weight is 1260 g/mol. The van der Waals surface area contributed by atoms with E-state index in [0.29, 0.717) is 25.7 Å². The van der Waals surface area contributed by atoms with Crippen LogP contribution in [0, 0.1) is 11.8 Å². The van der Waals surface area contributed by atoms with Crippen molar-refractivity contribution in [1.29, 1.82) is 0 Å². The lowest BCUT2D eigenvalue weighted by molar-refractivity contribution is -0.161. The SMILES string of the molecule is CCCCCCCCCCCCCCCCCCCC(=O)O[C@H](COC(=O)CCCCCCCCCCCCC(C)C)COP(=O)(O)OC[C@@H](O)COP(=O)(O)OC[C@@H](COC(=O)CCCCCCC)OC(=O)CCCCCCCCC(C)CC. The average Bonchev–Trinajstić information content (AvgIpc) is 3.50. The van der Waals surface area contributed by atoms with Gasteiger partial charge in [0.25, 0.3) is 0 Å². The van der Waals surface area contributed by atoms with Crippen molar-refractivity contribution < 1.29 is 80.2 Å². The summed E-state index contributed by atoms with van der Waals surface area (Å²) < 4.78 is 67.9. The standard InChI is InChI=1S/C66H128O17P2/c1-7-10-12-14-15-16-17-18-19-20-21-22-23-28-31-38-44-50-65(70)82-62(55-77-64(69)49-43-37-30-27-25-24-26-29-35-40-46-58(4)5)57-81-85(74,75)79-53-60(67)52-78-84(72,73)80-56-61(54-76-63(68)48-42-34-13-11-8-2)83-66(71)51-45-39-33-32-36-41-47-59(6)9-3/h58-62,67H,7-57H2,1-6H3,(H,72,73)(H,74,75)/t59?,60-,61+,62+/m0/s1. The number of esters is 4. The molecule has 0 saturated carbocycles. The summed E-state index contributed by atoms with van der Waals surface area (Å²) in [6, 6.07) is 0. The maximum Gasteiger partial charge on any atom is 0.472 e. The molecule has 0 aliphatic rings. The molecule has 0 aliphatic carbocycles. The molecule has 0 fully saturated rings. The molecule has 0 rings (SSSR count). The lowest BCUT2D eigenvalue weighted by atomic mass is 10.00. The van der Waals surface area contributed by atoms with Gasteiger partial charge in [-0.15, -0.1) is 0 Å². The van der Waals surface area contributed by atoms with Crippen LogP contribution in [0.25, 0.3) is 0 Å². The van der Waals surface area contributed by atoms with Crippen LogP contribution < -0.4 is 0 Å². The summed E-state index contributed by atoms with van der Waals surface area (Å²) >= 11 is 0. The summed E-state index contributed by atoms with van der Waals surface area (Å²) in [4.78, 5) is 72.1. The van der Waals surface area contributed by atoms with Gasteiger partial charge in [-0.1, -0.05) is 279 Å². The molecular formula is C66H128O17P2. The molecule has 504 valence electrons. The monoisotopic (exact) mass is 1250 g/mol. The van der Waals surface area contributed by atoms with E-state index in [9.17, 15) is 43.2 Å². The first-order valence-electron chi connectivity index (χ1n) is 34.5. The molecule has 0 aromatic rings. The molecule has 0 radical (unpaired) electrons. The zero-order valence-corrected chi connectivity index (χ0v) is 56.7. The lowest BCUT2D eigenvalue weighted by Gasteiger charge is -2.21. The zero-order chi connectivity index (χ0) is 62.9. The van der Waals surface area contributed by atoms with Gasteiger partial charge < -0.3 is 33.8 Å². The minimum absolute atomic E-state index is 0.102. The molecule has 0 saturated heterocycles. The van der Waals surface area contributed by atoms with E-state index in [1.165, 1.54) is 141 Å². The lowest BCUT2D eigenvalue weighted by Crippen LogP contribution is -2.30. The van der Waals surface area contributed by atoms with Gasteiger partial charge in [-0.3, -0.25) is 37.3 Å². The Morgan fingerprint density at radius 2 is 0.600 bits per heavy atom. The van der Waals surface area contributed by atoms with E-state index in [1.54, 1.807) is 0 Å². The molecule has 19 heteroatoms. The fraction of sp³-hybridized carbons (Fsp3) is 0.939. The van der Waals surface area contributed by atoms with Gasteiger partial charge in [-0.05, 0) is 37.5 Å². The number of rotatable bonds is 65. The molecule has 6 atom stereocenters. The molecule has 0 heterocycles. The van der Waals surface area contributed by atoms with Crippen molar-refractivity contribution in [1.82, 2.24) is 0 Å². The van der Waals surface area contributed by atoms with Gasteiger partial charge >= 0.3 is 39.5 Å². The number of aliphatic hydroxyl groups excluding tert-OH is 1. The molecule has 0 aliphatic heterocycles. The Hall–Kier alpha value is -1.94. The molecule has 3 N–H and O–H groups in total. The second-order valence-corrected chi connectivity index (χ2v) is 27.5. The van der Waals surface area contributed by atoms with Gasteiger partial charge in [0.05, 0.1) is 26.4 Å². The Bertz CT molecular complexity index is 1670. The number of carbonyl (C=O) groups is 4. The van der Waals surface area contributed by atoms with E-state index in [2.05, 4.69) is 41.5 Å². The molecule has 0 spiro atoms. The molecule has 3 unspecified atom stereocenters. The van der Waals surface area contributed by atoms with Crippen LogP contribution in [0.2, 0.25) is 0 Å². The summed E-state index contributed by atoms with van der Waals surface area (Å²) in [5, 5.41) is 10.5. The first kappa shape index (κ1) is 83.1. The molecule has 85 heavy (non-hydrogen) atoms. The Morgan fingerprint density at radius 3 is 0.894 bits per heavy atom. The number of aliphatic hydroxyl groups is 1. The van der Waals surface area contributed by atoms with Gasteiger partial charge in [0.15, 0.2) is 12.2 Å². The quantitative estimate of drug-likeness (QED) is 0.0222. The van der Waals surface area contributed by atoms with Crippen molar-refractivity contribution in [3.8, 4) is 0 Å². The van der Waals surface area contributed by atoms with Crippen LogP contribution in [0.4, 0.5) is 0 Å². The number of ether oxygens (including phenoxy) is 4. The highest BCUT2D eigenvalue weighted by atomic mass is 31.2. The highest BCUT2D eigenvalue weighted by Gasteiger charge is 2.30. The maximum absolute atomic E-state index is 13.0. The van der Waals surface area contributed by atoms with Crippen LogP contribution in [-0.2, 0) is 65.4 Å². The normalized spacial score (nSPS) is 14.6. The van der Waals surface area contributed by atoms with Crippen LogP contribution in [0.15, 0.2) is 0 Å². The van der Waals surface area contributed by atoms with Crippen molar-refractivity contribution in [3.63, 3.8) is 0 Å². The van der Waals surface area contributed by atoms with Crippen molar-refractivity contribution in [2.24, 2.45) is 11.8 Å². The Morgan fingerprint density at radius 1 is 0.341 bits per heavy atom. The predicted octanol–water partition coefficient (Wildman–Crippen LogP) is 18.4. The van der Waals surface area contributed by atoms with Gasteiger partial charge in [-0.2, -0.15) is 0 Å². The summed E-state index contributed by atoms with van der Waals surface area (Å²) in [5.74, 6) is -0.664. The minimum atomic E-state index is -4.95. The van der Waals surface area contributed by atoms with E-state index in [-0.39, 0.29) is 25.7 Å². The predicted molar refractivity (Wildman–Crippen MR) is 340 cm³/mol. The molecule has 0 amide bonds. The third-order valence-corrected chi connectivity index (χ3v) is 17.5. The summed E-state index contributed by atoms with van der Waals surface area (Å²) in [7, 11) is -9.88. The fourth-order valence-corrected chi connectivity index (χ4v) is 11.4. The summed E-state index contributed by atoms with van der Waals surface area (Å²) in [6.45, 7) is 9.37. The van der Waals surface area contributed by atoms with E-state index < -0.39 is 97.5 Å². The first-order chi connectivity index (χ1) is 40.9. The van der Waals surface area contributed by atoms with E-state index in [4.69, 9.17) is 37.0 Å². The first-order valence-corrected chi connectivity index (χ1v) is 37.5. The smallest absolute Gasteiger partial charge is 0.462 e. The molecule has 0 bridgehead atoms. The van der Waals surface area contributed by atoms with Crippen LogP contribution in [0.1, 0.15) is 330 Å². The summed E-state index contributed by atoms with van der Waals surface area (Å²) in [6.07, 6.45) is 42.1. The van der Waals surface area contributed by atoms with Gasteiger partial charge in [0.1, 0.15) is 19.3 Å². The second kappa shape index (κ2) is 58.4. The Balaban J connectivity index is 5.17. The molecule has 17 nitrogen and oxygen atoms in total. The van der Waals surface area contributed by atoms with E-state index >= 15 is 0 Å². The molecular weight excluding hydrogens is 1130 g/mol. The number of phosphoric ester groups is 2. The third-order valence-electron chi connectivity index (χ3n) is 15.6. The van der Waals surface area contributed by atoms with Gasteiger partial charge in [-0.25, -0.2) is 9.13 Å². The number of unbranched alkanes of at least 4 members (excludes halogenated alkanes) is 34. The van der Waals surface area contributed by atoms with Crippen molar-refractivity contribution in [2.75, 3.05) is 39.6 Å². The van der Waals surface area contributed by atoms with E-state index in [1.807, 2.05) is 0 Å². The second-order valence-electron chi connectivity index (χ2n) is 24.6. The van der Waals surface area contributed by atoms with Crippen molar-refractivity contribution in [2.45, 2.75) is 349 Å². The van der Waals surface area contributed by atoms with Crippen LogP contribution >= 0.6 is 15.6 Å². The van der Waals surface area contributed by atoms with Crippen molar-refractivity contribution in [3.05, 3.63) is 0 Å². The topological polar surface area (TPSA) is 237 Å². The van der Waals surface area contributed by atoms with Gasteiger partial charge in [0.2, 0.25) is 0 Å². The fourth-order valence-electron chi connectivity index (χ4n) is 9.85. The van der Waals surface area contributed by atoms with Crippen LogP contribution in [-0.4, -0.2) is 96.7 Å². The highest BCUT2D eigenvalue weighted by molar-refractivity contribution is 7.47.